The fourth-order valence-electron chi connectivity index (χ4n) is 2.09. The predicted molar refractivity (Wildman–Crippen MR) is 88.1 cm³/mol. The Morgan fingerprint density at radius 2 is 1.83 bits per heavy atom. The molecule has 128 valence electrons. The molecule has 0 aliphatic heterocycles. The molecule has 2 rings (SSSR count). The second-order valence-electron chi connectivity index (χ2n) is 5.08. The Labute approximate surface area is 143 Å². The summed E-state index contributed by atoms with van der Waals surface area (Å²) in [6.45, 7) is 0.420. The minimum Gasteiger partial charge on any atom is -0.484 e. The van der Waals surface area contributed by atoms with Crippen LogP contribution in [0.3, 0.4) is 0 Å². The molecule has 7 heteroatoms. The number of nitrogens with one attached hydrogen (secondary N) is 1. The van der Waals surface area contributed by atoms with Gasteiger partial charge in [-0.2, -0.15) is 8.78 Å². The third-order valence-corrected chi connectivity index (χ3v) is 3.75. The molecule has 0 aliphatic rings. The van der Waals surface area contributed by atoms with Gasteiger partial charge in [-0.15, -0.1) is 0 Å². The second kappa shape index (κ2) is 7.97. The molecule has 1 amide bonds. The van der Waals surface area contributed by atoms with E-state index in [2.05, 4.69) is 10.1 Å². The minimum absolute atomic E-state index is 0.112. The van der Waals surface area contributed by atoms with Crippen molar-refractivity contribution < 1.29 is 23.0 Å². The van der Waals surface area contributed by atoms with Crippen LogP contribution in [0.25, 0.3) is 0 Å². The van der Waals surface area contributed by atoms with Gasteiger partial charge in [0.05, 0.1) is 5.69 Å². The third kappa shape index (κ3) is 4.83. The molecule has 0 aromatic heterocycles. The van der Waals surface area contributed by atoms with Crippen LogP contribution < -0.4 is 14.8 Å². The lowest BCUT2D eigenvalue weighted by atomic mass is 10.1. The minimum atomic E-state index is -2.97. The van der Waals surface area contributed by atoms with Gasteiger partial charge in [0.25, 0.3) is 5.91 Å². The van der Waals surface area contributed by atoms with Gasteiger partial charge in [-0.3, -0.25) is 4.79 Å². The van der Waals surface area contributed by atoms with Gasteiger partial charge < -0.3 is 14.8 Å². The molecule has 1 N–H and O–H groups in total. The van der Waals surface area contributed by atoms with Crippen LogP contribution in [0, 0.1) is 13.8 Å². The molecule has 0 unspecified atom stereocenters. The number of hydrogen-bond acceptors (Lipinski definition) is 3. The number of ether oxygens (including phenoxy) is 2. The van der Waals surface area contributed by atoms with Crippen LogP contribution in [0.15, 0.2) is 36.4 Å². The first-order chi connectivity index (χ1) is 11.4. The number of halogens is 3. The molecule has 0 spiro atoms. The molecule has 2 aromatic carbocycles. The Morgan fingerprint density at radius 1 is 1.21 bits per heavy atom. The van der Waals surface area contributed by atoms with Gasteiger partial charge in [-0.25, -0.2) is 0 Å². The number of hydrogen-bond donors (Lipinski definition) is 1. The van der Waals surface area contributed by atoms with E-state index >= 15 is 0 Å². The number of anilines is 1. The van der Waals surface area contributed by atoms with Crippen molar-refractivity contribution in [3.05, 3.63) is 52.5 Å². The summed E-state index contributed by atoms with van der Waals surface area (Å²) in [7, 11) is 0. The zero-order valence-electron chi connectivity index (χ0n) is 13.1. The van der Waals surface area contributed by atoms with Crippen molar-refractivity contribution in [3.63, 3.8) is 0 Å². The molecule has 0 atom stereocenters. The number of benzene rings is 2. The molecule has 0 saturated heterocycles. The van der Waals surface area contributed by atoms with Crippen molar-refractivity contribution in [2.45, 2.75) is 20.5 Å². The van der Waals surface area contributed by atoms with Gasteiger partial charge >= 0.3 is 6.61 Å². The van der Waals surface area contributed by atoms with Gasteiger partial charge in [-0.05, 0) is 49.2 Å². The summed E-state index contributed by atoms with van der Waals surface area (Å²) in [5.41, 5.74) is 1.82. The monoisotopic (exact) mass is 355 g/mol. The Hall–Kier alpha value is -2.34. The van der Waals surface area contributed by atoms with Crippen LogP contribution in [-0.4, -0.2) is 19.1 Å². The van der Waals surface area contributed by atoms with E-state index in [0.29, 0.717) is 10.8 Å². The van der Waals surface area contributed by atoms with Gasteiger partial charge in [0.1, 0.15) is 11.5 Å². The number of para-hydroxylation sites is 2. The Morgan fingerprint density at radius 3 is 2.46 bits per heavy atom. The molecule has 0 heterocycles. The summed E-state index contributed by atoms with van der Waals surface area (Å²) >= 11 is 6.07. The summed E-state index contributed by atoms with van der Waals surface area (Å²) < 4.78 is 34.5. The molecular weight excluding hydrogens is 340 g/mol. The fourth-order valence-corrected chi connectivity index (χ4v) is 2.20. The van der Waals surface area contributed by atoms with Crippen molar-refractivity contribution in [3.8, 4) is 11.5 Å². The van der Waals surface area contributed by atoms with Crippen LogP contribution in [0.2, 0.25) is 5.02 Å². The van der Waals surface area contributed by atoms with E-state index in [-0.39, 0.29) is 18.0 Å². The smallest absolute Gasteiger partial charge is 0.387 e. The average molecular weight is 356 g/mol. The van der Waals surface area contributed by atoms with Gasteiger partial charge in [0.2, 0.25) is 0 Å². The largest absolute Gasteiger partial charge is 0.484 e. The lowest BCUT2D eigenvalue weighted by Crippen LogP contribution is -2.21. The number of carbonyl (C=O) groups excluding carboxylic acids is 1. The van der Waals surface area contributed by atoms with Crippen molar-refractivity contribution in [1.29, 1.82) is 0 Å². The summed E-state index contributed by atoms with van der Waals surface area (Å²) in [4.78, 5) is 12.0. The molecular formula is C17H16ClF2NO3. The number of amides is 1. The van der Waals surface area contributed by atoms with Crippen LogP contribution in [0.1, 0.15) is 11.1 Å². The van der Waals surface area contributed by atoms with Crippen LogP contribution in [-0.2, 0) is 4.79 Å². The van der Waals surface area contributed by atoms with Gasteiger partial charge in [0, 0.05) is 5.02 Å². The molecule has 0 fully saturated rings. The highest BCUT2D eigenvalue weighted by Gasteiger charge is 2.12. The first-order valence-electron chi connectivity index (χ1n) is 7.10. The first kappa shape index (κ1) is 18.0. The standard InChI is InChI=1S/C17H16ClF2NO3/c1-10-7-12(8-11(2)16(10)18)23-9-15(22)21-13-5-3-4-6-14(13)24-17(19)20/h3-8,17H,9H2,1-2H3,(H,21,22). The fraction of sp³-hybridized carbons (Fsp3) is 0.235. The Kier molecular flexibility index (Phi) is 5.98. The molecule has 0 bridgehead atoms. The van der Waals surface area contributed by atoms with E-state index in [4.69, 9.17) is 16.3 Å². The third-order valence-electron chi connectivity index (χ3n) is 3.16. The highest BCUT2D eigenvalue weighted by atomic mass is 35.5. The molecule has 24 heavy (non-hydrogen) atoms. The number of rotatable bonds is 6. The molecule has 0 radical (unpaired) electrons. The quantitative estimate of drug-likeness (QED) is 0.825. The predicted octanol–water partition coefficient (Wildman–Crippen LogP) is 4.58. The number of carbonyl (C=O) groups is 1. The van der Waals surface area contributed by atoms with E-state index in [1.807, 2.05) is 13.8 Å². The van der Waals surface area contributed by atoms with Crippen molar-refractivity contribution >= 4 is 23.2 Å². The number of aryl methyl sites for hydroxylation is 2. The summed E-state index contributed by atoms with van der Waals surface area (Å²) in [5, 5.41) is 3.12. The van der Waals surface area contributed by atoms with E-state index < -0.39 is 12.5 Å². The molecule has 0 aliphatic carbocycles. The molecule has 4 nitrogen and oxygen atoms in total. The average Bonchev–Trinajstić information content (AvgIpc) is 2.52. The SMILES string of the molecule is Cc1cc(OCC(=O)Nc2ccccc2OC(F)F)cc(C)c1Cl. The molecule has 0 saturated carbocycles. The van der Waals surface area contributed by atoms with E-state index in [1.165, 1.54) is 18.2 Å². The van der Waals surface area contributed by atoms with E-state index in [9.17, 15) is 13.6 Å². The Balaban J connectivity index is 1.99. The zero-order valence-corrected chi connectivity index (χ0v) is 13.9. The highest BCUT2D eigenvalue weighted by Crippen LogP contribution is 2.27. The maximum absolute atomic E-state index is 12.3. The first-order valence-corrected chi connectivity index (χ1v) is 7.48. The van der Waals surface area contributed by atoms with Crippen LogP contribution in [0.4, 0.5) is 14.5 Å². The maximum Gasteiger partial charge on any atom is 0.387 e. The maximum atomic E-state index is 12.3. The Bertz CT molecular complexity index is 715. The van der Waals surface area contributed by atoms with Crippen molar-refractivity contribution in [2.24, 2.45) is 0 Å². The van der Waals surface area contributed by atoms with Crippen LogP contribution >= 0.6 is 11.6 Å². The highest BCUT2D eigenvalue weighted by molar-refractivity contribution is 6.32. The van der Waals surface area contributed by atoms with Gasteiger partial charge in [-0.1, -0.05) is 23.7 Å². The van der Waals surface area contributed by atoms with E-state index in [1.54, 1.807) is 18.2 Å². The number of alkyl halides is 2. The topological polar surface area (TPSA) is 47.6 Å². The van der Waals surface area contributed by atoms with E-state index in [0.717, 1.165) is 11.1 Å². The second-order valence-corrected chi connectivity index (χ2v) is 5.46. The lowest BCUT2D eigenvalue weighted by Gasteiger charge is -2.13. The van der Waals surface area contributed by atoms with Crippen molar-refractivity contribution in [1.82, 2.24) is 0 Å². The molecule has 2 aromatic rings. The lowest BCUT2D eigenvalue weighted by molar-refractivity contribution is -0.118. The zero-order chi connectivity index (χ0) is 17.7. The normalized spacial score (nSPS) is 10.6. The van der Waals surface area contributed by atoms with Crippen molar-refractivity contribution in [2.75, 3.05) is 11.9 Å². The summed E-state index contributed by atoms with van der Waals surface area (Å²) in [6, 6.07) is 9.37. The summed E-state index contributed by atoms with van der Waals surface area (Å²) in [5.74, 6) is -0.105. The van der Waals surface area contributed by atoms with Gasteiger partial charge in [0.15, 0.2) is 6.61 Å². The summed E-state index contributed by atoms with van der Waals surface area (Å²) in [6.07, 6.45) is 0. The van der Waals surface area contributed by atoms with Crippen LogP contribution in [0.5, 0.6) is 11.5 Å².